The number of aliphatic hydroxyl groups is 1. The van der Waals surface area contributed by atoms with Crippen LogP contribution in [0.25, 0.3) is 0 Å². The molecule has 1 heterocycles. The second-order valence-corrected chi connectivity index (χ2v) is 7.00. The fourth-order valence-electron chi connectivity index (χ4n) is 2.73. The number of carboxylic acid groups (broad SMARTS) is 1. The lowest BCUT2D eigenvalue weighted by Gasteiger charge is -2.23. The molecular weight excluding hydrogens is 349 g/mol. The molecule has 2 atom stereocenters. The molecule has 1 aromatic carbocycles. The van der Waals surface area contributed by atoms with E-state index in [9.17, 15) is 14.3 Å². The Balaban J connectivity index is 1.93. The molecule has 0 bridgehead atoms. The molecule has 0 aliphatic heterocycles. The Morgan fingerprint density at radius 3 is 2.56 bits per heavy atom. The number of nitrogens with zero attached hydrogens (tertiary/aromatic N) is 1. The summed E-state index contributed by atoms with van der Waals surface area (Å²) in [6.07, 6.45) is 1.40. The van der Waals surface area contributed by atoms with E-state index in [4.69, 9.17) is 5.11 Å². The number of aliphatic hydroxyl groups excluding tert-OH is 1. The van der Waals surface area contributed by atoms with Gasteiger partial charge in [0.1, 0.15) is 5.67 Å². The molecule has 0 radical (unpaired) electrons. The van der Waals surface area contributed by atoms with E-state index in [1.165, 1.54) is 20.0 Å². The highest BCUT2D eigenvalue weighted by atomic mass is 19.1. The molecule has 2 rings (SSSR count). The van der Waals surface area contributed by atoms with Crippen LogP contribution in [0.1, 0.15) is 30.5 Å². The standard InChI is InChI=1S/C20H26FN3O3/c1-20(2,21)16-8-15(10-22-12-16)11-23-13-18(25)17(24-19(26)27)9-14-6-4-3-5-7-14/h3-8,10,12,17-18,23-25H,9,11,13H2,1-2H3,(H,26,27)/t17?,18-/m1/s1. The minimum Gasteiger partial charge on any atom is -0.465 e. The minimum absolute atomic E-state index is 0.182. The Morgan fingerprint density at radius 1 is 1.22 bits per heavy atom. The number of amides is 1. The van der Waals surface area contributed by atoms with Crippen molar-refractivity contribution in [1.29, 1.82) is 0 Å². The summed E-state index contributed by atoms with van der Waals surface area (Å²) >= 11 is 0. The van der Waals surface area contributed by atoms with Crippen molar-refractivity contribution in [2.45, 2.75) is 44.6 Å². The summed E-state index contributed by atoms with van der Waals surface area (Å²) in [5, 5.41) is 24.9. The summed E-state index contributed by atoms with van der Waals surface area (Å²) in [6, 6.07) is 10.4. The zero-order valence-electron chi connectivity index (χ0n) is 15.5. The molecule has 0 saturated carbocycles. The topological polar surface area (TPSA) is 94.5 Å². The second kappa shape index (κ2) is 9.43. The maximum atomic E-state index is 14.0. The van der Waals surface area contributed by atoms with Crippen molar-refractivity contribution in [3.8, 4) is 0 Å². The van der Waals surface area contributed by atoms with Gasteiger partial charge in [-0.05, 0) is 37.5 Å². The van der Waals surface area contributed by atoms with E-state index in [0.717, 1.165) is 11.1 Å². The summed E-state index contributed by atoms with van der Waals surface area (Å²) in [5.41, 5.74) is 0.722. The van der Waals surface area contributed by atoms with Crippen molar-refractivity contribution in [2.24, 2.45) is 0 Å². The van der Waals surface area contributed by atoms with Gasteiger partial charge in [-0.3, -0.25) is 4.98 Å². The third-order valence-electron chi connectivity index (χ3n) is 4.24. The molecule has 0 saturated heterocycles. The first-order valence-corrected chi connectivity index (χ1v) is 8.81. The van der Waals surface area contributed by atoms with Crippen molar-refractivity contribution in [3.05, 3.63) is 65.5 Å². The molecule has 0 aliphatic carbocycles. The smallest absolute Gasteiger partial charge is 0.404 e. The van der Waals surface area contributed by atoms with Gasteiger partial charge < -0.3 is 20.8 Å². The van der Waals surface area contributed by atoms with Crippen LogP contribution in [-0.4, -0.2) is 40.0 Å². The van der Waals surface area contributed by atoms with Crippen LogP contribution < -0.4 is 10.6 Å². The fraction of sp³-hybridized carbons (Fsp3) is 0.400. The molecule has 4 N–H and O–H groups in total. The third-order valence-corrected chi connectivity index (χ3v) is 4.24. The van der Waals surface area contributed by atoms with Gasteiger partial charge in [0.2, 0.25) is 0 Å². The van der Waals surface area contributed by atoms with Gasteiger partial charge in [-0.2, -0.15) is 0 Å². The highest BCUT2D eigenvalue weighted by Crippen LogP contribution is 2.24. The lowest BCUT2D eigenvalue weighted by Crippen LogP contribution is -2.48. The molecule has 1 aromatic heterocycles. The molecule has 7 heteroatoms. The van der Waals surface area contributed by atoms with Gasteiger partial charge in [-0.15, -0.1) is 0 Å². The number of carbonyl (C=O) groups is 1. The van der Waals surface area contributed by atoms with Crippen molar-refractivity contribution < 1.29 is 19.4 Å². The number of pyridine rings is 1. The highest BCUT2D eigenvalue weighted by Gasteiger charge is 2.22. The average Bonchev–Trinajstić information content (AvgIpc) is 2.61. The van der Waals surface area contributed by atoms with E-state index in [1.807, 2.05) is 30.3 Å². The van der Waals surface area contributed by atoms with Crippen molar-refractivity contribution in [3.63, 3.8) is 0 Å². The first-order valence-electron chi connectivity index (χ1n) is 8.81. The van der Waals surface area contributed by atoms with Gasteiger partial charge in [0, 0.05) is 31.0 Å². The number of aromatic nitrogens is 1. The number of halogens is 1. The summed E-state index contributed by atoms with van der Waals surface area (Å²) < 4.78 is 14.0. The van der Waals surface area contributed by atoms with Gasteiger partial charge in [0.25, 0.3) is 0 Å². The predicted octanol–water partition coefficient (Wildman–Crippen LogP) is 2.62. The first kappa shape index (κ1) is 20.8. The van der Waals surface area contributed by atoms with Gasteiger partial charge >= 0.3 is 6.09 Å². The van der Waals surface area contributed by atoms with E-state index in [0.29, 0.717) is 18.5 Å². The first-order chi connectivity index (χ1) is 12.8. The van der Waals surface area contributed by atoms with E-state index in [-0.39, 0.29) is 6.54 Å². The number of rotatable bonds is 9. The zero-order chi connectivity index (χ0) is 19.9. The average molecular weight is 375 g/mol. The van der Waals surface area contributed by atoms with Crippen LogP contribution in [-0.2, 0) is 18.6 Å². The monoisotopic (exact) mass is 375 g/mol. The van der Waals surface area contributed by atoms with Crippen molar-refractivity contribution in [2.75, 3.05) is 6.54 Å². The maximum Gasteiger partial charge on any atom is 0.404 e. The highest BCUT2D eigenvalue weighted by molar-refractivity contribution is 5.65. The molecule has 146 valence electrons. The SMILES string of the molecule is CC(C)(F)c1cncc(CNC[C@@H](O)C(Cc2ccccc2)NC(=O)O)c1. The van der Waals surface area contributed by atoms with Crippen LogP contribution in [0.5, 0.6) is 0 Å². The second-order valence-electron chi connectivity index (χ2n) is 7.00. The maximum absolute atomic E-state index is 14.0. The lowest BCUT2D eigenvalue weighted by molar-refractivity contribution is 0.117. The molecular formula is C20H26FN3O3. The van der Waals surface area contributed by atoms with Gasteiger partial charge in [-0.1, -0.05) is 30.3 Å². The van der Waals surface area contributed by atoms with Gasteiger partial charge in [0.05, 0.1) is 12.1 Å². The summed E-state index contributed by atoms with van der Waals surface area (Å²) in [6.45, 7) is 3.51. The molecule has 0 spiro atoms. The van der Waals surface area contributed by atoms with Crippen LogP contribution in [0.15, 0.2) is 48.8 Å². The number of nitrogens with one attached hydrogen (secondary N) is 2. The third kappa shape index (κ3) is 6.96. The molecule has 1 unspecified atom stereocenters. The van der Waals surface area contributed by atoms with Crippen LogP contribution in [0.3, 0.4) is 0 Å². The molecule has 0 fully saturated rings. The Bertz CT molecular complexity index is 735. The largest absolute Gasteiger partial charge is 0.465 e. The van der Waals surface area contributed by atoms with Crippen molar-refractivity contribution >= 4 is 6.09 Å². The van der Waals surface area contributed by atoms with Gasteiger partial charge in [0.15, 0.2) is 0 Å². The summed E-state index contributed by atoms with van der Waals surface area (Å²) in [5.74, 6) is 0. The lowest BCUT2D eigenvalue weighted by atomic mass is 10.0. The van der Waals surface area contributed by atoms with Crippen LogP contribution >= 0.6 is 0 Å². The molecule has 0 aliphatic rings. The van der Waals surface area contributed by atoms with E-state index in [1.54, 1.807) is 12.3 Å². The summed E-state index contributed by atoms with van der Waals surface area (Å²) in [4.78, 5) is 15.1. The predicted molar refractivity (Wildman–Crippen MR) is 101 cm³/mol. The van der Waals surface area contributed by atoms with E-state index < -0.39 is 23.9 Å². The van der Waals surface area contributed by atoms with Crippen molar-refractivity contribution in [1.82, 2.24) is 15.6 Å². The quantitative estimate of drug-likeness (QED) is 0.541. The van der Waals surface area contributed by atoms with Crippen LogP contribution in [0.4, 0.5) is 9.18 Å². The zero-order valence-corrected chi connectivity index (χ0v) is 15.5. The summed E-state index contributed by atoms with van der Waals surface area (Å²) in [7, 11) is 0. The Morgan fingerprint density at radius 2 is 1.93 bits per heavy atom. The minimum atomic E-state index is -1.48. The Hall–Kier alpha value is -2.51. The van der Waals surface area contributed by atoms with Crippen LogP contribution in [0.2, 0.25) is 0 Å². The van der Waals surface area contributed by atoms with E-state index >= 15 is 0 Å². The van der Waals surface area contributed by atoms with Crippen LogP contribution in [0, 0.1) is 0 Å². The molecule has 27 heavy (non-hydrogen) atoms. The Kier molecular flexibility index (Phi) is 7.27. The fourth-order valence-corrected chi connectivity index (χ4v) is 2.73. The normalized spacial score (nSPS) is 13.8. The number of alkyl halides is 1. The number of hydrogen-bond donors (Lipinski definition) is 4. The number of benzene rings is 1. The Labute approximate surface area is 158 Å². The van der Waals surface area contributed by atoms with Gasteiger partial charge in [-0.25, -0.2) is 9.18 Å². The molecule has 2 aromatic rings. The molecule has 1 amide bonds. The molecule has 6 nitrogen and oxygen atoms in total. The number of hydrogen-bond acceptors (Lipinski definition) is 4. The van der Waals surface area contributed by atoms with E-state index in [2.05, 4.69) is 15.6 Å².